The van der Waals surface area contributed by atoms with Crippen LogP contribution in [0.25, 0.3) is 0 Å². The van der Waals surface area contributed by atoms with Crippen LogP contribution < -0.4 is 0 Å². The Bertz CT molecular complexity index is 204. The van der Waals surface area contributed by atoms with Gasteiger partial charge in [-0.1, -0.05) is 19.8 Å². The van der Waals surface area contributed by atoms with Crippen LogP contribution in [-0.2, 0) is 23.9 Å². The molecule has 0 fully saturated rings. The van der Waals surface area contributed by atoms with Crippen LogP contribution in [0.1, 0.15) is 97.3 Å². The van der Waals surface area contributed by atoms with Crippen molar-refractivity contribution in [3.63, 3.8) is 0 Å². The summed E-state index contributed by atoms with van der Waals surface area (Å²) >= 11 is 0.0693. The molecule has 0 aliphatic rings. The first-order valence-corrected chi connectivity index (χ1v) is 11.2. The quantitative estimate of drug-likeness (QED) is 0.232. The van der Waals surface area contributed by atoms with Crippen LogP contribution >= 0.6 is 0 Å². The van der Waals surface area contributed by atoms with Gasteiger partial charge in [0.1, 0.15) is 0 Å². The van der Waals surface area contributed by atoms with Crippen molar-refractivity contribution in [1.29, 1.82) is 0 Å². The van der Waals surface area contributed by atoms with Gasteiger partial charge in [-0.25, -0.2) is 0 Å². The number of carbonyl (C=O) groups excluding carboxylic acids is 1. The monoisotopic (exact) mass is 316 g/mol. The minimum atomic E-state index is 0.0693. The molecule has 0 atom stereocenters. The Morgan fingerprint density at radius 2 is 1.10 bits per heavy atom. The zero-order valence-corrected chi connectivity index (χ0v) is 15.6. The Labute approximate surface area is 136 Å². The maximum absolute atomic E-state index is 10.8. The molecule has 0 bridgehead atoms. The van der Waals surface area contributed by atoms with Crippen LogP contribution in [0.2, 0.25) is 9.45 Å². The molecule has 0 aromatic heterocycles. The van der Waals surface area contributed by atoms with Crippen LogP contribution in [0.15, 0.2) is 0 Å². The van der Waals surface area contributed by atoms with Crippen LogP contribution in [0.3, 0.4) is 0 Å². The molecule has 0 N–H and O–H groups in total. The number of hydrogen-bond donors (Lipinski definition) is 0. The molecule has 0 heterocycles. The molecule has 1 nitrogen and oxygen atoms in total. The van der Waals surface area contributed by atoms with Crippen molar-refractivity contribution in [1.82, 2.24) is 0 Å². The van der Waals surface area contributed by atoms with E-state index in [9.17, 15) is 4.79 Å². The molecular weight excluding hydrogens is 280 g/mol. The van der Waals surface area contributed by atoms with Gasteiger partial charge in [-0.05, 0) is 0 Å². The topological polar surface area (TPSA) is 17.1 Å². The average molecular weight is 316 g/mol. The van der Waals surface area contributed by atoms with E-state index in [4.69, 9.17) is 0 Å². The molecule has 0 saturated carbocycles. The van der Waals surface area contributed by atoms with Gasteiger partial charge in [0.15, 0.2) is 0 Å². The van der Waals surface area contributed by atoms with Crippen molar-refractivity contribution in [2.75, 3.05) is 0 Å². The standard InChI is InChI=1S/C15H31.C3H5O.Ti/c1-3-5-7-9-11-13-15-14-12-10-8-6-4-2;1-3(2)4;/h1,3-15H2,2H3;1H2,2H3;. The van der Waals surface area contributed by atoms with Crippen LogP contribution in [-0.4, -0.2) is 5.78 Å². The van der Waals surface area contributed by atoms with Gasteiger partial charge in [0.05, 0.1) is 0 Å². The molecule has 0 aliphatic heterocycles. The third-order valence-electron chi connectivity index (χ3n) is 3.83. The number of rotatable bonds is 16. The summed E-state index contributed by atoms with van der Waals surface area (Å²) in [5.41, 5.74) is 0. The van der Waals surface area contributed by atoms with Crippen LogP contribution in [0.5, 0.6) is 0 Å². The minimum absolute atomic E-state index is 0.0693. The normalized spacial score (nSPS) is 10.7. The molecule has 0 saturated heterocycles. The molecule has 0 aromatic rings. The fourth-order valence-corrected chi connectivity index (χ4v) is 4.14. The molecule has 0 aliphatic carbocycles. The Hall–Kier alpha value is 0.384. The number of ketones is 1. The second kappa shape index (κ2) is 17.4. The number of Topliss-reactive ketones (excluding diaryl/α,β-unsaturated/α-hetero) is 1. The zero-order chi connectivity index (χ0) is 14.9. The Kier molecular flexibility index (Phi) is 17.8. The molecule has 118 valence electrons. The molecule has 0 rings (SSSR count). The van der Waals surface area contributed by atoms with Crippen molar-refractivity contribution >= 4 is 5.78 Å². The van der Waals surface area contributed by atoms with Crippen molar-refractivity contribution in [2.45, 2.75) is 107 Å². The molecule has 0 unspecified atom stereocenters. The second-order valence-corrected chi connectivity index (χ2v) is 8.24. The van der Waals surface area contributed by atoms with E-state index in [1.54, 1.807) is 6.92 Å². The SMILES string of the molecule is CCCCCCCCCCCCCC[CH2][Ti][CH2]C(C)=O. The molecule has 0 amide bonds. The van der Waals surface area contributed by atoms with Gasteiger partial charge in [-0.2, -0.15) is 0 Å². The Morgan fingerprint density at radius 1 is 0.700 bits per heavy atom. The predicted octanol–water partition coefficient (Wildman–Crippen LogP) is 6.59. The van der Waals surface area contributed by atoms with E-state index in [0.29, 0.717) is 5.78 Å². The summed E-state index contributed by atoms with van der Waals surface area (Å²) in [4.78, 5) is 10.8. The van der Waals surface area contributed by atoms with Crippen molar-refractivity contribution in [2.24, 2.45) is 0 Å². The van der Waals surface area contributed by atoms with Crippen LogP contribution in [0.4, 0.5) is 0 Å². The van der Waals surface area contributed by atoms with E-state index in [1.165, 1.54) is 88.2 Å². The first-order valence-electron chi connectivity index (χ1n) is 8.97. The van der Waals surface area contributed by atoms with Gasteiger partial charge in [0, 0.05) is 0 Å². The Balaban J connectivity index is 2.94. The van der Waals surface area contributed by atoms with E-state index in [1.807, 2.05) is 0 Å². The Morgan fingerprint density at radius 3 is 1.50 bits per heavy atom. The fourth-order valence-electron chi connectivity index (χ4n) is 2.53. The summed E-state index contributed by atoms with van der Waals surface area (Å²) in [6, 6.07) is 0. The average Bonchev–Trinajstić information content (AvgIpc) is 2.43. The van der Waals surface area contributed by atoms with Crippen LogP contribution in [0, 0.1) is 0 Å². The van der Waals surface area contributed by atoms with E-state index in [-0.39, 0.29) is 19.2 Å². The van der Waals surface area contributed by atoms with Gasteiger partial charge in [0.25, 0.3) is 0 Å². The molecule has 0 spiro atoms. The zero-order valence-electron chi connectivity index (χ0n) is 14.0. The molecular formula is C18H36OTi. The first-order chi connectivity index (χ1) is 9.77. The van der Waals surface area contributed by atoms with Gasteiger partial charge in [-0.15, -0.1) is 0 Å². The van der Waals surface area contributed by atoms with Gasteiger partial charge in [0.2, 0.25) is 0 Å². The van der Waals surface area contributed by atoms with Gasteiger partial charge in [-0.3, -0.25) is 0 Å². The van der Waals surface area contributed by atoms with Crippen molar-refractivity contribution in [3.8, 4) is 0 Å². The van der Waals surface area contributed by atoms with Gasteiger partial charge >= 0.3 is 117 Å². The summed E-state index contributed by atoms with van der Waals surface area (Å²) in [5, 5.41) is 0. The number of hydrogen-bond acceptors (Lipinski definition) is 1. The molecule has 2 heteroatoms. The number of carbonyl (C=O) groups is 1. The van der Waals surface area contributed by atoms with E-state index >= 15 is 0 Å². The molecule has 20 heavy (non-hydrogen) atoms. The second-order valence-electron chi connectivity index (χ2n) is 6.12. The number of unbranched alkanes of at least 4 members (excludes halogenated alkanes) is 12. The third kappa shape index (κ3) is 18.4. The summed E-state index contributed by atoms with van der Waals surface area (Å²) in [6.07, 6.45) is 18.6. The first kappa shape index (κ1) is 20.4. The van der Waals surface area contributed by atoms with Gasteiger partial charge < -0.3 is 0 Å². The fraction of sp³-hybridized carbons (Fsp3) is 0.944. The van der Waals surface area contributed by atoms with E-state index in [2.05, 4.69) is 6.92 Å². The van der Waals surface area contributed by atoms with Crippen molar-refractivity contribution in [3.05, 3.63) is 0 Å². The summed E-state index contributed by atoms with van der Waals surface area (Å²) in [5.74, 6) is 0.402. The third-order valence-corrected chi connectivity index (χ3v) is 6.10. The van der Waals surface area contributed by atoms with Crippen molar-refractivity contribution < 1.29 is 23.9 Å². The predicted molar refractivity (Wildman–Crippen MR) is 86.0 cm³/mol. The molecule has 0 aromatic carbocycles. The summed E-state index contributed by atoms with van der Waals surface area (Å²) in [6.45, 7) is 4.01. The maximum atomic E-state index is 10.8. The van der Waals surface area contributed by atoms with E-state index in [0.717, 1.165) is 4.73 Å². The summed E-state index contributed by atoms with van der Waals surface area (Å²) < 4.78 is 2.29. The molecule has 0 radical (unpaired) electrons. The van der Waals surface area contributed by atoms with E-state index < -0.39 is 0 Å². The summed E-state index contributed by atoms with van der Waals surface area (Å²) in [7, 11) is 0.